The molecule has 0 saturated heterocycles. The van der Waals surface area contributed by atoms with Gasteiger partial charge in [-0.2, -0.15) is 0 Å². The van der Waals surface area contributed by atoms with Crippen molar-refractivity contribution in [2.24, 2.45) is 5.92 Å². The average molecular weight is 395 g/mol. The standard InChI is InChI=1S/C20H18ClF3N2O/c1-12(2)10-14-11-15(27-20(22,23)24)7-8-17(14)25-18-9-6-13-4-3-5-16(21)19(13)26-18/h3-9,11-12H,10H2,1-2H3,(H,25,26). The van der Waals surface area contributed by atoms with Gasteiger partial charge in [0.25, 0.3) is 0 Å². The van der Waals surface area contributed by atoms with Gasteiger partial charge >= 0.3 is 6.36 Å². The van der Waals surface area contributed by atoms with Gasteiger partial charge in [0.05, 0.1) is 10.5 Å². The number of rotatable bonds is 5. The van der Waals surface area contributed by atoms with E-state index in [0.29, 0.717) is 34.0 Å². The van der Waals surface area contributed by atoms with Gasteiger partial charge in [0.15, 0.2) is 0 Å². The summed E-state index contributed by atoms with van der Waals surface area (Å²) in [5.74, 6) is 0.578. The highest BCUT2D eigenvalue weighted by Gasteiger charge is 2.31. The molecule has 0 spiro atoms. The van der Waals surface area contributed by atoms with Crippen LogP contribution in [0, 0.1) is 5.92 Å². The van der Waals surface area contributed by atoms with Gasteiger partial charge in [0.1, 0.15) is 11.6 Å². The van der Waals surface area contributed by atoms with Gasteiger partial charge in [-0.05, 0) is 54.3 Å². The highest BCUT2D eigenvalue weighted by atomic mass is 35.5. The van der Waals surface area contributed by atoms with Gasteiger partial charge in [-0.1, -0.05) is 37.6 Å². The van der Waals surface area contributed by atoms with E-state index < -0.39 is 6.36 Å². The summed E-state index contributed by atoms with van der Waals surface area (Å²) in [5, 5.41) is 4.62. The molecule has 3 aromatic rings. The largest absolute Gasteiger partial charge is 0.573 e. The average Bonchev–Trinajstić information content (AvgIpc) is 2.56. The van der Waals surface area contributed by atoms with Gasteiger partial charge < -0.3 is 10.1 Å². The Labute approximate surface area is 160 Å². The Bertz CT molecular complexity index is 958. The monoisotopic (exact) mass is 394 g/mol. The number of fused-ring (bicyclic) bond motifs is 1. The lowest BCUT2D eigenvalue weighted by Crippen LogP contribution is -2.17. The molecule has 1 aromatic heterocycles. The minimum atomic E-state index is -4.72. The van der Waals surface area contributed by atoms with Gasteiger partial charge in [0, 0.05) is 11.1 Å². The fraction of sp³-hybridized carbons (Fsp3) is 0.250. The van der Waals surface area contributed by atoms with Crippen molar-refractivity contribution in [1.82, 2.24) is 4.98 Å². The summed E-state index contributed by atoms with van der Waals surface area (Å²) in [4.78, 5) is 4.52. The van der Waals surface area contributed by atoms with E-state index in [9.17, 15) is 13.2 Å². The second-order valence-electron chi connectivity index (χ2n) is 6.60. The molecule has 0 radical (unpaired) electrons. The van der Waals surface area contributed by atoms with E-state index in [0.717, 1.165) is 5.39 Å². The molecule has 0 atom stereocenters. The summed E-state index contributed by atoms with van der Waals surface area (Å²) in [5.41, 5.74) is 2.05. The number of halogens is 4. The zero-order chi connectivity index (χ0) is 19.6. The third-order valence-corrected chi connectivity index (χ3v) is 4.18. The zero-order valence-corrected chi connectivity index (χ0v) is 15.5. The first kappa shape index (κ1) is 19.3. The lowest BCUT2D eigenvalue weighted by molar-refractivity contribution is -0.274. The van der Waals surface area contributed by atoms with Crippen LogP contribution in [-0.4, -0.2) is 11.3 Å². The van der Waals surface area contributed by atoms with E-state index in [-0.39, 0.29) is 11.7 Å². The second-order valence-corrected chi connectivity index (χ2v) is 7.00. The van der Waals surface area contributed by atoms with Crippen LogP contribution in [0.5, 0.6) is 5.75 Å². The van der Waals surface area contributed by atoms with E-state index in [2.05, 4.69) is 15.0 Å². The number of nitrogens with zero attached hydrogens (tertiary/aromatic N) is 1. The molecule has 3 rings (SSSR count). The summed E-state index contributed by atoms with van der Waals surface area (Å²) >= 11 is 6.20. The number of anilines is 2. The molecule has 0 aliphatic carbocycles. The quantitative estimate of drug-likeness (QED) is 0.521. The fourth-order valence-corrected chi connectivity index (χ4v) is 3.04. The smallest absolute Gasteiger partial charge is 0.406 e. The highest BCUT2D eigenvalue weighted by Crippen LogP contribution is 2.31. The van der Waals surface area contributed by atoms with Crippen LogP contribution in [0.25, 0.3) is 10.9 Å². The second kappa shape index (κ2) is 7.64. The van der Waals surface area contributed by atoms with Crippen LogP contribution in [0.1, 0.15) is 19.4 Å². The van der Waals surface area contributed by atoms with Crippen molar-refractivity contribution >= 4 is 34.0 Å². The van der Waals surface area contributed by atoms with Crippen LogP contribution in [-0.2, 0) is 6.42 Å². The Balaban J connectivity index is 1.94. The predicted molar refractivity (Wildman–Crippen MR) is 102 cm³/mol. The SMILES string of the molecule is CC(C)Cc1cc(OC(F)(F)F)ccc1Nc1ccc2cccc(Cl)c2n1. The Morgan fingerprint density at radius 2 is 1.89 bits per heavy atom. The van der Waals surface area contributed by atoms with Crippen molar-refractivity contribution in [3.05, 3.63) is 59.1 Å². The molecule has 0 aliphatic rings. The molecule has 27 heavy (non-hydrogen) atoms. The molecule has 7 heteroatoms. The molecule has 0 fully saturated rings. The lowest BCUT2D eigenvalue weighted by Gasteiger charge is -2.16. The molecular weight excluding hydrogens is 377 g/mol. The van der Waals surface area contributed by atoms with Crippen molar-refractivity contribution < 1.29 is 17.9 Å². The first-order valence-corrected chi connectivity index (χ1v) is 8.80. The van der Waals surface area contributed by atoms with E-state index in [1.807, 2.05) is 32.0 Å². The maximum atomic E-state index is 12.5. The van der Waals surface area contributed by atoms with Crippen molar-refractivity contribution in [3.63, 3.8) is 0 Å². The van der Waals surface area contributed by atoms with E-state index in [1.165, 1.54) is 12.1 Å². The van der Waals surface area contributed by atoms with Crippen molar-refractivity contribution in [2.45, 2.75) is 26.6 Å². The molecule has 142 valence electrons. The Kier molecular flexibility index (Phi) is 5.46. The minimum Gasteiger partial charge on any atom is -0.406 e. The predicted octanol–water partition coefficient (Wildman–Crippen LogP) is 6.73. The molecular formula is C20H18ClF3N2O. The van der Waals surface area contributed by atoms with Crippen molar-refractivity contribution in [3.8, 4) is 5.75 Å². The number of para-hydroxylation sites is 1. The highest BCUT2D eigenvalue weighted by molar-refractivity contribution is 6.35. The van der Waals surface area contributed by atoms with Crippen LogP contribution < -0.4 is 10.1 Å². The Morgan fingerprint density at radius 3 is 2.59 bits per heavy atom. The molecule has 2 aromatic carbocycles. The fourth-order valence-electron chi connectivity index (χ4n) is 2.82. The Morgan fingerprint density at radius 1 is 1.11 bits per heavy atom. The van der Waals surface area contributed by atoms with Crippen molar-refractivity contribution in [1.29, 1.82) is 0 Å². The minimum absolute atomic E-state index is 0.238. The number of nitrogens with one attached hydrogen (secondary N) is 1. The normalized spacial score (nSPS) is 11.8. The number of hydrogen-bond donors (Lipinski definition) is 1. The van der Waals surface area contributed by atoms with Gasteiger partial charge in [-0.3, -0.25) is 0 Å². The van der Waals surface area contributed by atoms with Crippen LogP contribution in [0.3, 0.4) is 0 Å². The van der Waals surface area contributed by atoms with Gasteiger partial charge in [0.2, 0.25) is 0 Å². The number of pyridine rings is 1. The number of hydrogen-bond acceptors (Lipinski definition) is 3. The van der Waals surface area contributed by atoms with Crippen molar-refractivity contribution in [2.75, 3.05) is 5.32 Å². The molecule has 0 amide bonds. The summed E-state index contributed by atoms with van der Waals surface area (Å²) in [6.45, 7) is 3.99. The summed E-state index contributed by atoms with van der Waals surface area (Å²) in [7, 11) is 0. The molecule has 1 heterocycles. The number of alkyl halides is 3. The van der Waals surface area contributed by atoms with E-state index in [4.69, 9.17) is 11.6 Å². The molecule has 0 aliphatic heterocycles. The molecule has 0 unspecified atom stereocenters. The number of benzene rings is 2. The summed E-state index contributed by atoms with van der Waals surface area (Å²) in [6.07, 6.45) is -4.13. The van der Waals surface area contributed by atoms with Crippen LogP contribution in [0.15, 0.2) is 48.5 Å². The third kappa shape index (κ3) is 5.04. The third-order valence-electron chi connectivity index (χ3n) is 3.87. The van der Waals surface area contributed by atoms with Gasteiger partial charge in [-0.15, -0.1) is 13.2 Å². The molecule has 0 saturated carbocycles. The number of ether oxygens (including phenoxy) is 1. The number of aromatic nitrogens is 1. The lowest BCUT2D eigenvalue weighted by atomic mass is 10.0. The van der Waals surface area contributed by atoms with Gasteiger partial charge in [-0.25, -0.2) is 4.98 Å². The summed E-state index contributed by atoms with van der Waals surface area (Å²) in [6, 6.07) is 13.5. The van der Waals surface area contributed by atoms with E-state index in [1.54, 1.807) is 18.2 Å². The molecule has 3 nitrogen and oxygen atoms in total. The first-order valence-electron chi connectivity index (χ1n) is 8.42. The van der Waals surface area contributed by atoms with Crippen LogP contribution in [0.2, 0.25) is 5.02 Å². The zero-order valence-electron chi connectivity index (χ0n) is 14.8. The molecule has 1 N–H and O–H groups in total. The Hall–Kier alpha value is -2.47. The summed E-state index contributed by atoms with van der Waals surface area (Å²) < 4.78 is 41.6. The van der Waals surface area contributed by atoms with Crippen LogP contribution in [0.4, 0.5) is 24.7 Å². The van der Waals surface area contributed by atoms with Crippen LogP contribution >= 0.6 is 11.6 Å². The van der Waals surface area contributed by atoms with E-state index >= 15 is 0 Å². The topological polar surface area (TPSA) is 34.1 Å². The first-order chi connectivity index (χ1) is 12.7. The maximum absolute atomic E-state index is 12.5. The molecule has 0 bridgehead atoms. The maximum Gasteiger partial charge on any atom is 0.573 e.